The molecule has 2 aromatic rings. The van der Waals surface area contributed by atoms with Crippen molar-refractivity contribution >= 4 is 11.0 Å². The largest absolute Gasteiger partial charge is 0.394 e. The number of hydrogen-bond acceptors (Lipinski definition) is 7. The highest BCUT2D eigenvalue weighted by atomic mass is 16.6. The Kier molecular flexibility index (Phi) is 2.82. The summed E-state index contributed by atoms with van der Waals surface area (Å²) < 4.78 is 6.52. The van der Waals surface area contributed by atoms with Crippen LogP contribution in [0.15, 0.2) is 17.3 Å². The standard InChI is InChI=1S/C10H12N4O5/c15-2-5-6(16)7(17)10(19-5)14-1-4-8(13-14)11-3-12-9(4)18/h1,3,5-7,10,15-17H,2H2,(H,11,12,13,18). The van der Waals surface area contributed by atoms with Gasteiger partial charge in [-0.25, -0.2) is 9.67 Å². The van der Waals surface area contributed by atoms with E-state index in [0.717, 1.165) is 0 Å². The minimum absolute atomic E-state index is 0.210. The van der Waals surface area contributed by atoms with Crippen molar-refractivity contribution in [1.29, 1.82) is 0 Å². The molecular weight excluding hydrogens is 256 g/mol. The van der Waals surface area contributed by atoms with Crippen LogP contribution in [0.4, 0.5) is 0 Å². The fraction of sp³-hybridized carbons (Fsp3) is 0.500. The number of fused-ring (bicyclic) bond motifs is 1. The molecule has 1 saturated heterocycles. The molecule has 102 valence electrons. The van der Waals surface area contributed by atoms with Gasteiger partial charge in [-0.15, -0.1) is 5.10 Å². The van der Waals surface area contributed by atoms with Gasteiger partial charge in [0, 0.05) is 6.20 Å². The first kappa shape index (κ1) is 12.2. The predicted octanol–water partition coefficient (Wildman–Crippen LogP) is -2.27. The van der Waals surface area contributed by atoms with Gasteiger partial charge in [0.1, 0.15) is 23.7 Å². The zero-order chi connectivity index (χ0) is 13.6. The Balaban J connectivity index is 2.01. The van der Waals surface area contributed by atoms with E-state index in [0.29, 0.717) is 0 Å². The van der Waals surface area contributed by atoms with Crippen LogP contribution in [-0.4, -0.2) is 60.0 Å². The van der Waals surface area contributed by atoms with Crippen LogP contribution in [0.5, 0.6) is 0 Å². The van der Waals surface area contributed by atoms with Crippen molar-refractivity contribution < 1.29 is 20.1 Å². The maximum atomic E-state index is 11.5. The fourth-order valence-corrected chi connectivity index (χ4v) is 2.10. The van der Waals surface area contributed by atoms with Crippen LogP contribution in [0.25, 0.3) is 11.0 Å². The third kappa shape index (κ3) is 1.83. The van der Waals surface area contributed by atoms with Gasteiger partial charge in [-0.05, 0) is 0 Å². The Hall–Kier alpha value is -1.81. The van der Waals surface area contributed by atoms with Crippen LogP contribution in [0, 0.1) is 0 Å². The van der Waals surface area contributed by atoms with Gasteiger partial charge in [-0.3, -0.25) is 4.79 Å². The number of aliphatic hydroxyl groups is 3. The number of hydrogen-bond donors (Lipinski definition) is 4. The first-order chi connectivity index (χ1) is 9.11. The molecule has 4 atom stereocenters. The molecule has 2 aromatic heterocycles. The van der Waals surface area contributed by atoms with E-state index in [2.05, 4.69) is 15.1 Å². The molecule has 0 bridgehead atoms. The molecule has 0 aliphatic carbocycles. The van der Waals surface area contributed by atoms with E-state index >= 15 is 0 Å². The van der Waals surface area contributed by atoms with Crippen LogP contribution in [-0.2, 0) is 4.74 Å². The summed E-state index contributed by atoms with van der Waals surface area (Å²) in [5.41, 5.74) is -0.149. The van der Waals surface area contributed by atoms with Crippen LogP contribution < -0.4 is 5.56 Å². The zero-order valence-corrected chi connectivity index (χ0v) is 9.67. The number of nitrogens with one attached hydrogen (secondary N) is 1. The van der Waals surface area contributed by atoms with Crippen molar-refractivity contribution in [3.05, 3.63) is 22.9 Å². The maximum Gasteiger partial charge on any atom is 0.261 e. The third-order valence-corrected chi connectivity index (χ3v) is 3.12. The van der Waals surface area contributed by atoms with E-state index in [1.807, 2.05) is 0 Å². The van der Waals surface area contributed by atoms with Gasteiger partial charge in [-0.2, -0.15) is 0 Å². The summed E-state index contributed by atoms with van der Waals surface area (Å²) >= 11 is 0. The second-order valence-electron chi connectivity index (χ2n) is 4.31. The lowest BCUT2D eigenvalue weighted by Gasteiger charge is -2.14. The van der Waals surface area contributed by atoms with Gasteiger partial charge in [0.2, 0.25) is 0 Å². The molecule has 1 aliphatic heterocycles. The monoisotopic (exact) mass is 268 g/mol. The second-order valence-corrected chi connectivity index (χ2v) is 4.31. The quantitative estimate of drug-likeness (QED) is 0.482. The Morgan fingerprint density at radius 1 is 1.42 bits per heavy atom. The van der Waals surface area contributed by atoms with Gasteiger partial charge in [-0.1, -0.05) is 0 Å². The lowest BCUT2D eigenvalue weighted by molar-refractivity contribution is -0.0583. The van der Waals surface area contributed by atoms with Crippen molar-refractivity contribution in [1.82, 2.24) is 19.7 Å². The average molecular weight is 268 g/mol. The molecule has 0 amide bonds. The molecule has 3 heterocycles. The summed E-state index contributed by atoms with van der Waals surface area (Å²) in [6.45, 7) is -0.422. The van der Waals surface area contributed by atoms with Crippen LogP contribution in [0.1, 0.15) is 6.23 Å². The normalized spacial score (nSPS) is 31.1. The number of H-pyrrole nitrogens is 1. The Morgan fingerprint density at radius 3 is 2.84 bits per heavy atom. The predicted molar refractivity (Wildman–Crippen MR) is 61.2 cm³/mol. The molecule has 4 unspecified atom stereocenters. The van der Waals surface area contributed by atoms with Crippen molar-refractivity contribution in [2.75, 3.05) is 6.61 Å². The molecule has 1 aliphatic rings. The highest BCUT2D eigenvalue weighted by molar-refractivity contribution is 5.72. The lowest BCUT2D eigenvalue weighted by Crippen LogP contribution is -2.33. The molecule has 3 rings (SSSR count). The molecule has 19 heavy (non-hydrogen) atoms. The van der Waals surface area contributed by atoms with E-state index < -0.39 is 31.1 Å². The molecule has 0 saturated carbocycles. The summed E-state index contributed by atoms with van der Waals surface area (Å²) in [4.78, 5) is 17.8. The van der Waals surface area contributed by atoms with Gasteiger partial charge in [0.15, 0.2) is 11.9 Å². The molecular formula is C10H12N4O5. The van der Waals surface area contributed by atoms with E-state index in [1.165, 1.54) is 17.2 Å². The summed E-state index contributed by atoms with van der Waals surface area (Å²) in [6, 6.07) is 0. The van der Waals surface area contributed by atoms with Crippen molar-refractivity contribution in [2.24, 2.45) is 0 Å². The zero-order valence-electron chi connectivity index (χ0n) is 9.67. The highest BCUT2D eigenvalue weighted by Gasteiger charge is 2.43. The summed E-state index contributed by atoms with van der Waals surface area (Å²) in [5.74, 6) is 0. The minimum Gasteiger partial charge on any atom is -0.394 e. The van der Waals surface area contributed by atoms with Gasteiger partial charge in [0.25, 0.3) is 5.56 Å². The Labute approximate surface area is 106 Å². The summed E-state index contributed by atoms with van der Waals surface area (Å²) in [6.07, 6.45) is -1.72. The fourth-order valence-electron chi connectivity index (χ4n) is 2.10. The highest BCUT2D eigenvalue weighted by Crippen LogP contribution is 2.29. The molecule has 4 N–H and O–H groups in total. The van der Waals surface area contributed by atoms with Crippen molar-refractivity contribution in [2.45, 2.75) is 24.5 Å². The summed E-state index contributed by atoms with van der Waals surface area (Å²) in [7, 11) is 0. The number of nitrogens with zero attached hydrogens (tertiary/aromatic N) is 3. The van der Waals surface area contributed by atoms with Crippen LogP contribution in [0.3, 0.4) is 0 Å². The molecule has 9 nitrogen and oxygen atoms in total. The van der Waals surface area contributed by atoms with Gasteiger partial charge < -0.3 is 25.0 Å². The molecule has 1 fully saturated rings. The average Bonchev–Trinajstić information content (AvgIpc) is 2.94. The molecule has 0 aromatic carbocycles. The first-order valence-electron chi connectivity index (χ1n) is 5.67. The molecule has 9 heteroatoms. The van der Waals surface area contributed by atoms with Gasteiger partial charge in [0.05, 0.1) is 12.9 Å². The lowest BCUT2D eigenvalue weighted by atomic mass is 10.1. The minimum atomic E-state index is -1.24. The third-order valence-electron chi connectivity index (χ3n) is 3.12. The Morgan fingerprint density at radius 2 is 2.21 bits per heavy atom. The Bertz CT molecular complexity index is 653. The van der Waals surface area contributed by atoms with Crippen molar-refractivity contribution in [3.63, 3.8) is 0 Å². The number of aromatic nitrogens is 4. The van der Waals surface area contributed by atoms with Crippen LogP contribution >= 0.6 is 0 Å². The van der Waals surface area contributed by atoms with E-state index in [9.17, 15) is 15.0 Å². The maximum absolute atomic E-state index is 11.5. The van der Waals surface area contributed by atoms with E-state index in [-0.39, 0.29) is 16.6 Å². The smallest absolute Gasteiger partial charge is 0.261 e. The second kappa shape index (κ2) is 4.38. The topological polar surface area (TPSA) is 133 Å². The van der Waals surface area contributed by atoms with E-state index in [1.54, 1.807) is 0 Å². The number of rotatable bonds is 2. The van der Waals surface area contributed by atoms with Crippen LogP contribution in [0.2, 0.25) is 0 Å². The first-order valence-corrected chi connectivity index (χ1v) is 5.67. The molecule has 0 spiro atoms. The SMILES string of the molecule is O=c1[nH]cnc2nn(C3OC(CO)C(O)C3O)cc12. The number of aliphatic hydroxyl groups excluding tert-OH is 3. The number of aromatic amines is 1. The van der Waals surface area contributed by atoms with E-state index in [4.69, 9.17) is 9.84 Å². The molecule has 0 radical (unpaired) electrons. The van der Waals surface area contributed by atoms with Crippen molar-refractivity contribution in [3.8, 4) is 0 Å². The summed E-state index contributed by atoms with van der Waals surface area (Å²) in [5, 5.41) is 32.8. The number of ether oxygens (including phenoxy) is 1. The van der Waals surface area contributed by atoms with Gasteiger partial charge >= 0.3 is 0 Å².